The molecule has 1 aromatic carbocycles. The van der Waals surface area contributed by atoms with E-state index in [-0.39, 0.29) is 17.4 Å². The molecule has 36 heavy (non-hydrogen) atoms. The monoisotopic (exact) mass is 518 g/mol. The highest BCUT2D eigenvalue weighted by molar-refractivity contribution is 7.91. The van der Waals surface area contributed by atoms with Crippen molar-refractivity contribution in [1.29, 1.82) is 0 Å². The topological polar surface area (TPSA) is 102 Å². The summed E-state index contributed by atoms with van der Waals surface area (Å²) in [6, 6.07) is 8.30. The highest BCUT2D eigenvalue weighted by Gasteiger charge is 2.32. The van der Waals surface area contributed by atoms with Gasteiger partial charge in [-0.3, -0.25) is 4.79 Å². The number of amides is 1. The van der Waals surface area contributed by atoms with Crippen molar-refractivity contribution < 1.29 is 27.1 Å². The Morgan fingerprint density at radius 1 is 1.22 bits per heavy atom. The van der Waals surface area contributed by atoms with Crippen LogP contribution in [0.15, 0.2) is 42.7 Å². The van der Waals surface area contributed by atoms with Crippen molar-refractivity contribution in [3.05, 3.63) is 59.7 Å². The van der Waals surface area contributed by atoms with Gasteiger partial charge in [0.15, 0.2) is 0 Å². The summed E-state index contributed by atoms with van der Waals surface area (Å²) in [5, 5.41) is 4.20. The van der Waals surface area contributed by atoms with E-state index in [2.05, 4.69) is 14.7 Å². The fraction of sp³-hybridized carbons (Fsp3) is 0.440. The van der Waals surface area contributed by atoms with Gasteiger partial charge in [0.2, 0.25) is 10.0 Å². The number of aromatic nitrogens is 2. The lowest BCUT2D eigenvalue weighted by Gasteiger charge is -2.28. The second kappa shape index (κ2) is 10.1. The van der Waals surface area contributed by atoms with Crippen molar-refractivity contribution >= 4 is 27.1 Å². The molecule has 3 aromatic rings. The van der Waals surface area contributed by atoms with E-state index in [1.807, 2.05) is 12.1 Å². The predicted molar refractivity (Wildman–Crippen MR) is 134 cm³/mol. The molecule has 4 rings (SSSR count). The maximum Gasteiger partial charge on any atom is 0.268 e. The van der Waals surface area contributed by atoms with Gasteiger partial charge in [0, 0.05) is 31.6 Å². The summed E-state index contributed by atoms with van der Waals surface area (Å²) in [4.78, 5) is 15.0. The molecule has 0 bridgehead atoms. The number of anilines is 1. The van der Waals surface area contributed by atoms with Crippen LogP contribution in [0, 0.1) is 5.82 Å². The molecule has 9 nitrogen and oxygen atoms in total. The molecule has 1 amide bonds. The number of methoxy groups -OCH3 is 1. The van der Waals surface area contributed by atoms with Crippen LogP contribution in [0.3, 0.4) is 0 Å². The standard InChI is InChI=1S/C25H31FN4O5S/c1-25(2,3)36(32,33)28-24(31)21-16-27-30-9-7-19(15-23(21)30)29-8-5-6-22(29)17-12-18(26)14-20(13-17)35-11-10-34-4/h7,9,12-16,22H,5-6,8,10-11H2,1-4H3,(H,28,31). The van der Waals surface area contributed by atoms with Gasteiger partial charge < -0.3 is 14.4 Å². The first-order chi connectivity index (χ1) is 17.0. The summed E-state index contributed by atoms with van der Waals surface area (Å²) in [6.45, 7) is 6.02. The van der Waals surface area contributed by atoms with Gasteiger partial charge in [0.05, 0.1) is 34.7 Å². The van der Waals surface area contributed by atoms with Crippen LogP contribution in [-0.4, -0.2) is 55.6 Å². The van der Waals surface area contributed by atoms with E-state index < -0.39 is 20.7 Å². The average Bonchev–Trinajstić information content (AvgIpc) is 3.45. The van der Waals surface area contributed by atoms with Crippen molar-refractivity contribution in [2.24, 2.45) is 0 Å². The molecule has 1 aliphatic heterocycles. The zero-order valence-electron chi connectivity index (χ0n) is 20.8. The molecule has 0 radical (unpaired) electrons. The van der Waals surface area contributed by atoms with Gasteiger partial charge in [0.1, 0.15) is 18.2 Å². The Balaban J connectivity index is 1.63. The van der Waals surface area contributed by atoms with Gasteiger partial charge in [-0.2, -0.15) is 5.10 Å². The fourth-order valence-corrected chi connectivity index (χ4v) is 4.84. The van der Waals surface area contributed by atoms with Crippen LogP contribution in [0.25, 0.3) is 5.52 Å². The zero-order chi connectivity index (χ0) is 26.1. The number of hydrogen-bond donors (Lipinski definition) is 1. The van der Waals surface area contributed by atoms with Crippen molar-refractivity contribution in [2.75, 3.05) is 31.8 Å². The lowest BCUT2D eigenvalue weighted by Crippen LogP contribution is -2.42. The molecule has 0 saturated carbocycles. The van der Waals surface area contributed by atoms with Crippen molar-refractivity contribution in [3.63, 3.8) is 0 Å². The van der Waals surface area contributed by atoms with E-state index in [4.69, 9.17) is 9.47 Å². The Kier molecular flexibility index (Phi) is 7.24. The summed E-state index contributed by atoms with van der Waals surface area (Å²) < 4.78 is 52.6. The number of carbonyl (C=O) groups excluding carboxylic acids is 1. The molecule has 1 saturated heterocycles. The first-order valence-electron chi connectivity index (χ1n) is 11.7. The quantitative estimate of drug-likeness (QED) is 0.454. The summed E-state index contributed by atoms with van der Waals surface area (Å²) in [7, 11) is -2.31. The third kappa shape index (κ3) is 5.31. The number of fused-ring (bicyclic) bond motifs is 1. The molecular weight excluding hydrogens is 487 g/mol. The van der Waals surface area contributed by atoms with Gasteiger partial charge in [-0.15, -0.1) is 0 Å². The second-order valence-electron chi connectivity index (χ2n) is 9.73. The minimum Gasteiger partial charge on any atom is -0.491 e. The molecule has 1 unspecified atom stereocenters. The van der Waals surface area contributed by atoms with Crippen LogP contribution in [-0.2, 0) is 14.8 Å². The molecule has 0 aliphatic carbocycles. The van der Waals surface area contributed by atoms with Gasteiger partial charge >= 0.3 is 0 Å². The number of pyridine rings is 1. The molecule has 1 aliphatic rings. The molecule has 0 spiro atoms. The molecule has 1 fully saturated rings. The normalized spacial score (nSPS) is 16.5. The van der Waals surface area contributed by atoms with Gasteiger partial charge in [-0.05, 0) is 63.4 Å². The molecule has 194 valence electrons. The number of ether oxygens (including phenoxy) is 2. The smallest absolute Gasteiger partial charge is 0.268 e. The number of halogens is 1. The molecule has 1 N–H and O–H groups in total. The molecule has 1 atom stereocenters. The molecule has 2 aromatic heterocycles. The van der Waals surface area contributed by atoms with Crippen molar-refractivity contribution in [2.45, 2.75) is 44.4 Å². The number of nitrogens with one attached hydrogen (secondary N) is 1. The van der Waals surface area contributed by atoms with Crippen LogP contribution < -0.4 is 14.4 Å². The SMILES string of the molecule is COCCOc1cc(F)cc(C2CCCN2c2ccn3ncc(C(=O)NS(=O)(=O)C(C)(C)C)c3c2)c1. The minimum absolute atomic E-state index is 0.0885. The predicted octanol–water partition coefficient (Wildman–Crippen LogP) is 3.70. The number of carbonyl (C=O) groups is 1. The second-order valence-corrected chi connectivity index (χ2v) is 12.2. The zero-order valence-corrected chi connectivity index (χ0v) is 21.6. The van der Waals surface area contributed by atoms with Crippen LogP contribution in [0.4, 0.5) is 10.1 Å². The highest BCUT2D eigenvalue weighted by atomic mass is 32.2. The maximum atomic E-state index is 14.4. The average molecular weight is 519 g/mol. The number of rotatable bonds is 8. The minimum atomic E-state index is -3.88. The van der Waals surface area contributed by atoms with E-state index in [0.29, 0.717) is 24.5 Å². The number of sulfonamides is 1. The summed E-state index contributed by atoms with van der Waals surface area (Å²) in [5.74, 6) is -0.672. The van der Waals surface area contributed by atoms with E-state index in [9.17, 15) is 17.6 Å². The first-order valence-corrected chi connectivity index (χ1v) is 13.2. The fourth-order valence-electron chi connectivity index (χ4n) is 4.18. The Labute approximate surface area is 210 Å². The van der Waals surface area contributed by atoms with Crippen LogP contribution >= 0.6 is 0 Å². The van der Waals surface area contributed by atoms with E-state index in [0.717, 1.165) is 30.6 Å². The Morgan fingerprint density at radius 2 is 2.00 bits per heavy atom. The van der Waals surface area contributed by atoms with Crippen LogP contribution in [0.2, 0.25) is 0 Å². The van der Waals surface area contributed by atoms with Crippen molar-refractivity contribution in [3.8, 4) is 5.75 Å². The molecule has 11 heteroatoms. The highest BCUT2D eigenvalue weighted by Crippen LogP contribution is 2.38. The summed E-state index contributed by atoms with van der Waals surface area (Å²) in [5.41, 5.74) is 2.24. The molecule has 3 heterocycles. The van der Waals surface area contributed by atoms with Gasteiger partial charge in [0.25, 0.3) is 5.91 Å². The Hall–Kier alpha value is -3.18. The largest absolute Gasteiger partial charge is 0.491 e. The third-order valence-corrected chi connectivity index (χ3v) is 8.27. The lowest BCUT2D eigenvalue weighted by atomic mass is 10.0. The van der Waals surface area contributed by atoms with Crippen LogP contribution in [0.5, 0.6) is 5.75 Å². The van der Waals surface area contributed by atoms with E-state index in [1.54, 1.807) is 19.4 Å². The summed E-state index contributed by atoms with van der Waals surface area (Å²) >= 11 is 0. The number of benzene rings is 1. The number of hydrogen-bond acceptors (Lipinski definition) is 7. The van der Waals surface area contributed by atoms with E-state index >= 15 is 0 Å². The van der Waals surface area contributed by atoms with Gasteiger partial charge in [-0.25, -0.2) is 22.0 Å². The first kappa shape index (κ1) is 25.9. The van der Waals surface area contributed by atoms with Gasteiger partial charge in [-0.1, -0.05) is 0 Å². The number of nitrogens with zero attached hydrogens (tertiary/aromatic N) is 3. The lowest BCUT2D eigenvalue weighted by molar-refractivity contribution is 0.0982. The van der Waals surface area contributed by atoms with E-state index in [1.165, 1.54) is 43.6 Å². The summed E-state index contributed by atoms with van der Waals surface area (Å²) in [6.07, 6.45) is 4.80. The molecular formula is C25H31FN4O5S. The Bertz CT molecular complexity index is 1370. The van der Waals surface area contributed by atoms with Crippen molar-refractivity contribution in [1.82, 2.24) is 14.3 Å². The third-order valence-electron chi connectivity index (χ3n) is 6.20. The maximum absolute atomic E-state index is 14.4. The Morgan fingerprint density at radius 3 is 2.72 bits per heavy atom. The van der Waals surface area contributed by atoms with Crippen LogP contribution in [0.1, 0.15) is 55.6 Å².